The minimum absolute atomic E-state index is 0.740. The zero-order valence-corrected chi connectivity index (χ0v) is 97.9. The van der Waals surface area contributed by atoms with Crippen molar-refractivity contribution in [2.75, 3.05) is 128 Å². The number of aliphatic imine (C=N–C) groups is 6. The van der Waals surface area contributed by atoms with Crippen LogP contribution in [-0.2, 0) is 19.1 Å². The van der Waals surface area contributed by atoms with Crippen molar-refractivity contribution < 1.29 is 19.1 Å². The Bertz CT molecular complexity index is 1200. The summed E-state index contributed by atoms with van der Waals surface area (Å²) in [5.41, 5.74) is 20.7. The highest BCUT2D eigenvalue weighted by atomic mass is 32.2. The second-order valence-electron chi connectivity index (χ2n) is 14.4. The monoisotopic (exact) mass is 1880 g/mol. The molecule has 0 bridgehead atoms. The first kappa shape index (κ1) is 192. The highest BCUT2D eigenvalue weighted by Gasteiger charge is 1.93. The molecule has 0 spiro atoms. The summed E-state index contributed by atoms with van der Waals surface area (Å²) in [5, 5.41) is 20.3. The van der Waals surface area contributed by atoms with Crippen LogP contribution in [0, 0.1) is 0 Å². The molecule has 0 aromatic rings. The minimum Gasteiger partial charge on any atom is -0.483 e. The standard InChI is InChI=1S/2C4H8N2.2C4H7NO.2C4H7NS.C3H7N3.C3H6N2O.2C3H6N2.C3H5NO.2C3H5NS.26C2H6/c1-2-5-4-6-3-1;1-2-4-6-5-3-1;1-2-5-4-6-3-1;1-2-4-6-5-3-1;1-2-5-4-6-3-1;1-2-4-6-5-3-1;1-2-5-6-3-4-1;1-2-6-3-5-4-1;1-2-5-3-4-1;2*1-2-4-5-3-1;1-2-5-3-4-1;1-2-4-5-3-1;26*1-2/h4H,1-3H2,(H,5,6);3,6H,1-2,4H2;4H,1-3H2;3H,1-2,4H2;4H,1-3H2;3H,1-2,4H2;3,5H,1-2H2,(H,4,6);3-4H,1-2H2;3H,1-2H2,(H,4,5);1-2,4-5H,3H2;2H,1,3H2;3H,1-2H2;2H,1,3H2;26*1-2H3. The van der Waals surface area contributed by atoms with Gasteiger partial charge in [-0.1, -0.05) is 376 Å². The Hall–Kier alpha value is -4.90. The molecule has 13 aliphatic heterocycles. The Morgan fingerprint density at radius 3 is 0.792 bits per heavy atom. The quantitative estimate of drug-likeness (QED) is 0.105. The molecular formula is C97H240N20O4S4. The number of hydrogen-bond acceptors (Lipinski definition) is 28. The Balaban J connectivity index is -0.0000000340. The van der Waals surface area contributed by atoms with E-state index in [0.29, 0.717) is 0 Å². The van der Waals surface area contributed by atoms with Gasteiger partial charge < -0.3 is 51.5 Å². The molecule has 24 nitrogen and oxygen atoms in total. The van der Waals surface area contributed by atoms with E-state index in [1.807, 2.05) is 402 Å². The Morgan fingerprint density at radius 1 is 0.264 bits per heavy atom. The van der Waals surface area contributed by atoms with Gasteiger partial charge in [0, 0.05) is 132 Å². The molecule has 0 saturated heterocycles. The molecule has 0 unspecified atom stereocenters. The summed E-state index contributed by atoms with van der Waals surface area (Å²) in [6.07, 6.45) is 34.2. The summed E-state index contributed by atoms with van der Waals surface area (Å²) < 4.78 is 17.3. The van der Waals surface area contributed by atoms with Crippen molar-refractivity contribution in [3.8, 4) is 0 Å². The fourth-order valence-electron chi connectivity index (χ4n) is 4.57. The average Bonchev–Trinajstić information content (AvgIpc) is 2.11. The molecule has 13 aliphatic rings. The minimum atomic E-state index is 0.740. The van der Waals surface area contributed by atoms with E-state index in [4.69, 9.17) is 9.47 Å². The van der Waals surface area contributed by atoms with Crippen molar-refractivity contribution >= 4 is 121 Å². The molecule has 776 valence electrons. The lowest BCUT2D eigenvalue weighted by Gasteiger charge is -2.04. The van der Waals surface area contributed by atoms with Crippen molar-refractivity contribution in [3.05, 3.63) is 12.3 Å². The van der Waals surface area contributed by atoms with Crippen molar-refractivity contribution in [1.82, 2.24) is 43.2 Å². The number of hydrazine groups is 2. The molecule has 0 aliphatic carbocycles. The summed E-state index contributed by atoms with van der Waals surface area (Å²) in [4.78, 5) is 32.6. The smallest absolute Gasteiger partial charge is 0.192 e. The van der Waals surface area contributed by atoms with Gasteiger partial charge in [0.2, 0.25) is 0 Å². The molecule has 13 heterocycles. The van der Waals surface area contributed by atoms with Gasteiger partial charge in [0.05, 0.1) is 56.4 Å². The van der Waals surface area contributed by atoms with Crippen LogP contribution in [0.3, 0.4) is 0 Å². The van der Waals surface area contributed by atoms with Crippen LogP contribution >= 0.6 is 47.4 Å². The first-order valence-corrected chi connectivity index (χ1v) is 55.0. The fourth-order valence-corrected chi connectivity index (χ4v) is 6.85. The van der Waals surface area contributed by atoms with Crippen LogP contribution in [0.2, 0.25) is 0 Å². The summed E-state index contributed by atoms with van der Waals surface area (Å²) >= 11 is 6.89. The van der Waals surface area contributed by atoms with E-state index in [1.165, 1.54) is 74.3 Å². The van der Waals surface area contributed by atoms with Crippen LogP contribution in [0.15, 0.2) is 71.5 Å². The molecular weight excluding hydrogens is 1640 g/mol. The van der Waals surface area contributed by atoms with Gasteiger partial charge in [-0.25, -0.2) is 19.6 Å². The van der Waals surface area contributed by atoms with Crippen molar-refractivity contribution in [1.29, 1.82) is 0 Å². The number of thioether (sulfide) groups is 2. The average molecular weight is 1880 g/mol. The molecule has 28 heteroatoms. The molecule has 0 fully saturated rings. The molecule has 8 N–H and O–H groups in total. The summed E-state index contributed by atoms with van der Waals surface area (Å²) in [6, 6.07) is 0. The number of nitrogens with zero attached hydrogens (tertiary/aromatic N) is 12. The topological polar surface area (TPSA) is 281 Å². The third-order valence-corrected chi connectivity index (χ3v) is 11.2. The Morgan fingerprint density at radius 2 is 0.688 bits per heavy atom. The first-order chi connectivity index (χ1) is 62.5. The maximum Gasteiger partial charge on any atom is 0.192 e. The van der Waals surface area contributed by atoms with Gasteiger partial charge in [0.25, 0.3) is 0 Å². The van der Waals surface area contributed by atoms with Crippen LogP contribution in [0.1, 0.15) is 431 Å². The number of hydrogen-bond donors (Lipinski definition) is 8. The lowest BCUT2D eigenvalue weighted by Crippen LogP contribution is -2.36. The number of rotatable bonds is 0. The molecule has 0 aromatic heterocycles. The van der Waals surface area contributed by atoms with Crippen molar-refractivity contribution in [2.24, 2.45) is 59.3 Å². The predicted molar refractivity (Wildman–Crippen MR) is 614 cm³/mol. The number of ether oxygens (including phenoxy) is 2. The van der Waals surface area contributed by atoms with E-state index in [9.17, 15) is 0 Å². The van der Waals surface area contributed by atoms with E-state index < -0.39 is 0 Å². The maximum atomic E-state index is 4.78. The van der Waals surface area contributed by atoms with Crippen molar-refractivity contribution in [3.63, 3.8) is 0 Å². The first-order valence-electron chi connectivity index (χ1n) is 51.0. The molecule has 13 rings (SSSR count). The summed E-state index contributed by atoms with van der Waals surface area (Å²) in [5.74, 6) is 4.88. The van der Waals surface area contributed by atoms with Crippen LogP contribution in [0.25, 0.3) is 0 Å². The molecule has 0 aromatic carbocycles. The lowest BCUT2D eigenvalue weighted by atomic mass is 10.3. The zero-order chi connectivity index (χ0) is 104. The fraction of sp³-hybridized carbons (Fsp3) is 0.856. The van der Waals surface area contributed by atoms with E-state index >= 15 is 0 Å². The highest BCUT2D eigenvalue weighted by molar-refractivity contribution is 8.12. The second-order valence-corrected chi connectivity index (χ2v) is 18.1. The van der Waals surface area contributed by atoms with Gasteiger partial charge >= 0.3 is 0 Å². The van der Waals surface area contributed by atoms with Crippen LogP contribution < -0.4 is 43.2 Å². The SMILES string of the molecule is C1=CNNC1.C1=NCCCN1.C1=NCCCO1.C1=NCCCS1.C1=NCCN1.C1=NCCNN1.C1=NCCS1.C1=NNCCC1.C1=NNCCO1.C1=NOCC1.C1=NOCCC1.C1=NSCC1.C1=NSCCC1.CC.CC.CC.CC.CC.CC.CC.CC.CC.CC.CC.CC.CC.CC.CC.CC.CC.CC.CC.CC.CC.CC.CC.CC.CC.CC. The molecule has 125 heavy (non-hydrogen) atoms. The molecule has 0 amide bonds. The van der Waals surface area contributed by atoms with Crippen LogP contribution in [0.5, 0.6) is 0 Å². The van der Waals surface area contributed by atoms with Gasteiger partial charge in [-0.2, -0.15) is 5.10 Å². The summed E-state index contributed by atoms with van der Waals surface area (Å²) in [7, 11) is 0. The van der Waals surface area contributed by atoms with Crippen LogP contribution in [-0.4, -0.2) is 202 Å². The maximum absolute atomic E-state index is 4.78. The van der Waals surface area contributed by atoms with Gasteiger partial charge in [0.1, 0.15) is 19.8 Å². The third-order valence-electron chi connectivity index (χ3n) is 8.16. The normalized spacial score (nSPS) is 13.0. The number of nitrogens with one attached hydrogen (secondary N) is 8. The largest absolute Gasteiger partial charge is 0.483 e. The number of oxime groups is 2. The Kier molecular flexibility index (Phi) is 551. The van der Waals surface area contributed by atoms with E-state index in [1.54, 1.807) is 78.9 Å². The molecule has 0 atom stereocenters. The molecule has 0 saturated carbocycles. The lowest BCUT2D eigenvalue weighted by molar-refractivity contribution is 0.134. The second kappa shape index (κ2) is 358. The molecule has 0 radical (unpaired) electrons. The zero-order valence-electron chi connectivity index (χ0n) is 94.6. The predicted octanol–water partition coefficient (Wildman–Crippen LogP) is 31.1. The van der Waals surface area contributed by atoms with Crippen molar-refractivity contribution in [2.45, 2.75) is 431 Å². The van der Waals surface area contributed by atoms with E-state index in [0.717, 1.165) is 137 Å². The van der Waals surface area contributed by atoms with Gasteiger partial charge in [-0.3, -0.25) is 30.0 Å². The van der Waals surface area contributed by atoms with E-state index in [2.05, 4.69) is 112 Å². The van der Waals surface area contributed by atoms with E-state index in [-0.39, 0.29) is 0 Å². The summed E-state index contributed by atoms with van der Waals surface area (Å²) in [6.45, 7) is 119. The highest BCUT2D eigenvalue weighted by Crippen LogP contribution is 2.09. The van der Waals surface area contributed by atoms with Crippen LogP contribution in [0.4, 0.5) is 0 Å². The Labute approximate surface area is 808 Å². The van der Waals surface area contributed by atoms with Gasteiger partial charge in [-0.05, 0) is 81.7 Å². The third kappa shape index (κ3) is 352. The van der Waals surface area contributed by atoms with Gasteiger partial charge in [0.15, 0.2) is 12.8 Å². The number of hydrazone groups is 2. The van der Waals surface area contributed by atoms with Gasteiger partial charge in [-0.15, -0.1) is 28.6 Å².